The molecule has 0 aromatic carbocycles. The summed E-state index contributed by atoms with van der Waals surface area (Å²) >= 11 is 0. The van der Waals surface area contributed by atoms with Crippen LogP contribution in [0, 0.1) is 6.92 Å². The van der Waals surface area contributed by atoms with Gasteiger partial charge in [-0.15, -0.1) is 0 Å². The van der Waals surface area contributed by atoms with E-state index in [-0.39, 0.29) is 18.2 Å². The van der Waals surface area contributed by atoms with E-state index in [4.69, 9.17) is 5.73 Å². The molecule has 2 N–H and O–H groups in total. The summed E-state index contributed by atoms with van der Waals surface area (Å²) in [5.41, 5.74) is 5.98. The van der Waals surface area contributed by atoms with Crippen LogP contribution >= 0.6 is 0 Å². The predicted octanol–water partition coefficient (Wildman–Crippen LogP) is 1.45. The first-order valence-corrected chi connectivity index (χ1v) is 4.11. The molecule has 7 heteroatoms. The second-order valence-electron chi connectivity index (χ2n) is 2.96. The van der Waals surface area contributed by atoms with Gasteiger partial charge in [-0.3, -0.25) is 0 Å². The number of ether oxygens (including phenoxy) is 1. The zero-order chi connectivity index (χ0) is 11.5. The van der Waals surface area contributed by atoms with E-state index >= 15 is 0 Å². The van der Waals surface area contributed by atoms with Crippen molar-refractivity contribution < 1.29 is 17.9 Å². The van der Waals surface area contributed by atoms with Crippen LogP contribution in [0.4, 0.5) is 19.0 Å². The van der Waals surface area contributed by atoms with E-state index < -0.39 is 12.8 Å². The first-order valence-electron chi connectivity index (χ1n) is 4.11. The van der Waals surface area contributed by atoms with Crippen LogP contribution in [0.25, 0.3) is 0 Å². The maximum atomic E-state index is 11.7. The van der Waals surface area contributed by atoms with Gasteiger partial charge < -0.3 is 10.5 Å². The Morgan fingerprint density at radius 1 is 1.40 bits per heavy atom. The minimum Gasteiger partial charge on any atom is -0.384 e. The smallest absolute Gasteiger partial charge is 0.384 e. The molecule has 0 atom stereocenters. The van der Waals surface area contributed by atoms with Gasteiger partial charge in [-0.25, -0.2) is 9.97 Å². The lowest BCUT2D eigenvalue weighted by Crippen LogP contribution is -2.17. The van der Waals surface area contributed by atoms with Gasteiger partial charge in [0.1, 0.15) is 19.0 Å². The Bertz CT molecular complexity index is 320. The Kier molecular flexibility index (Phi) is 3.46. The summed E-state index contributed by atoms with van der Waals surface area (Å²) in [5.74, 6) is 0.366. The van der Waals surface area contributed by atoms with E-state index in [1.54, 1.807) is 6.92 Å². The van der Waals surface area contributed by atoms with E-state index in [1.807, 2.05) is 0 Å². The van der Waals surface area contributed by atoms with Crippen LogP contribution in [-0.2, 0) is 11.3 Å². The molecule has 84 valence electrons. The van der Waals surface area contributed by atoms with Crippen LogP contribution in [0.1, 0.15) is 11.5 Å². The molecular weight excluding hydrogens is 211 g/mol. The standard InChI is InChI=1S/C8H10F3N3O/c1-5-2-6(12)14-7(13-5)3-15-4-8(9,10)11/h2H,3-4H2,1H3,(H2,12,13,14). The van der Waals surface area contributed by atoms with Crippen molar-refractivity contribution in [2.75, 3.05) is 12.3 Å². The molecule has 1 rings (SSSR count). The molecule has 0 saturated heterocycles. The van der Waals surface area contributed by atoms with E-state index in [2.05, 4.69) is 14.7 Å². The van der Waals surface area contributed by atoms with Crippen LogP contribution in [0.3, 0.4) is 0 Å². The molecule has 1 heterocycles. The molecule has 0 saturated carbocycles. The fourth-order valence-corrected chi connectivity index (χ4v) is 0.979. The van der Waals surface area contributed by atoms with E-state index in [0.29, 0.717) is 5.69 Å². The minimum absolute atomic E-state index is 0.150. The SMILES string of the molecule is Cc1cc(N)nc(COCC(F)(F)F)n1. The lowest BCUT2D eigenvalue weighted by molar-refractivity contribution is -0.177. The molecule has 0 aliphatic rings. The van der Waals surface area contributed by atoms with Crippen LogP contribution < -0.4 is 5.73 Å². The molecule has 0 amide bonds. The molecule has 0 aliphatic carbocycles. The molecule has 1 aromatic heterocycles. The van der Waals surface area contributed by atoms with Crippen molar-refractivity contribution in [2.45, 2.75) is 19.7 Å². The molecule has 0 bridgehead atoms. The first-order chi connectivity index (χ1) is 6.87. The second kappa shape index (κ2) is 4.43. The largest absolute Gasteiger partial charge is 0.411 e. The normalized spacial score (nSPS) is 11.7. The number of anilines is 1. The van der Waals surface area contributed by atoms with Crippen molar-refractivity contribution in [2.24, 2.45) is 0 Å². The van der Waals surface area contributed by atoms with Crippen molar-refractivity contribution in [3.05, 3.63) is 17.6 Å². The van der Waals surface area contributed by atoms with Gasteiger partial charge in [-0.1, -0.05) is 0 Å². The van der Waals surface area contributed by atoms with Crippen molar-refractivity contribution in [1.29, 1.82) is 0 Å². The monoisotopic (exact) mass is 221 g/mol. The summed E-state index contributed by atoms with van der Waals surface area (Å²) in [6, 6.07) is 1.52. The topological polar surface area (TPSA) is 61.0 Å². The van der Waals surface area contributed by atoms with Gasteiger partial charge in [0.05, 0.1) is 0 Å². The molecule has 15 heavy (non-hydrogen) atoms. The highest BCUT2D eigenvalue weighted by molar-refractivity contribution is 5.28. The van der Waals surface area contributed by atoms with Gasteiger partial charge >= 0.3 is 6.18 Å². The third kappa shape index (κ3) is 4.59. The first kappa shape index (κ1) is 11.7. The predicted molar refractivity (Wildman–Crippen MR) is 46.9 cm³/mol. The number of hydrogen-bond acceptors (Lipinski definition) is 4. The number of aryl methyl sites for hydroxylation is 1. The maximum absolute atomic E-state index is 11.7. The van der Waals surface area contributed by atoms with Crippen LogP contribution in [0.2, 0.25) is 0 Å². The zero-order valence-electron chi connectivity index (χ0n) is 8.01. The Balaban J connectivity index is 2.51. The molecule has 0 fully saturated rings. The summed E-state index contributed by atoms with van der Waals surface area (Å²) in [7, 11) is 0. The van der Waals surface area contributed by atoms with Crippen molar-refractivity contribution in [3.8, 4) is 0 Å². The minimum atomic E-state index is -4.34. The Morgan fingerprint density at radius 3 is 2.60 bits per heavy atom. The highest BCUT2D eigenvalue weighted by Crippen LogP contribution is 2.15. The lowest BCUT2D eigenvalue weighted by Gasteiger charge is -2.07. The number of rotatable bonds is 3. The van der Waals surface area contributed by atoms with E-state index in [1.165, 1.54) is 6.07 Å². The number of nitrogens with two attached hydrogens (primary N) is 1. The fourth-order valence-electron chi connectivity index (χ4n) is 0.979. The van der Waals surface area contributed by atoms with E-state index in [0.717, 1.165) is 0 Å². The summed E-state index contributed by atoms with van der Waals surface area (Å²) in [5, 5.41) is 0. The molecule has 0 radical (unpaired) electrons. The van der Waals surface area contributed by atoms with Crippen molar-refractivity contribution in [3.63, 3.8) is 0 Å². The molecular formula is C8H10F3N3O. The van der Waals surface area contributed by atoms with Gasteiger partial charge in [-0.05, 0) is 6.92 Å². The maximum Gasteiger partial charge on any atom is 0.411 e. The zero-order valence-corrected chi connectivity index (χ0v) is 8.01. The Hall–Kier alpha value is -1.37. The highest BCUT2D eigenvalue weighted by atomic mass is 19.4. The number of aromatic nitrogens is 2. The Morgan fingerprint density at radius 2 is 2.07 bits per heavy atom. The third-order valence-corrected chi connectivity index (χ3v) is 1.42. The van der Waals surface area contributed by atoms with Gasteiger partial charge in [0.25, 0.3) is 0 Å². The molecule has 0 unspecified atom stereocenters. The Labute approximate surface area is 84.3 Å². The van der Waals surface area contributed by atoms with Crippen LogP contribution in [-0.4, -0.2) is 22.8 Å². The lowest BCUT2D eigenvalue weighted by atomic mass is 10.4. The summed E-state index contributed by atoms with van der Waals surface area (Å²) in [6.45, 7) is 0.0564. The van der Waals surface area contributed by atoms with Crippen molar-refractivity contribution in [1.82, 2.24) is 9.97 Å². The van der Waals surface area contributed by atoms with Crippen molar-refractivity contribution >= 4 is 5.82 Å². The number of nitrogens with zero attached hydrogens (tertiary/aromatic N) is 2. The van der Waals surface area contributed by atoms with Gasteiger partial charge in [0.15, 0.2) is 5.82 Å². The quantitative estimate of drug-likeness (QED) is 0.839. The number of hydrogen-bond donors (Lipinski definition) is 1. The second-order valence-corrected chi connectivity index (χ2v) is 2.96. The fraction of sp³-hybridized carbons (Fsp3) is 0.500. The molecule has 1 aromatic rings. The molecule has 4 nitrogen and oxygen atoms in total. The molecule has 0 spiro atoms. The summed E-state index contributed by atoms with van der Waals surface area (Å²) in [4.78, 5) is 7.60. The summed E-state index contributed by atoms with van der Waals surface area (Å²) in [6.07, 6.45) is -4.34. The van der Waals surface area contributed by atoms with Gasteiger partial charge in [-0.2, -0.15) is 13.2 Å². The van der Waals surface area contributed by atoms with Crippen LogP contribution in [0.15, 0.2) is 6.07 Å². The summed E-state index contributed by atoms with van der Waals surface area (Å²) < 4.78 is 39.6. The number of nitrogen functional groups attached to an aromatic ring is 1. The van der Waals surface area contributed by atoms with Gasteiger partial charge in [0, 0.05) is 11.8 Å². The van der Waals surface area contributed by atoms with Crippen LogP contribution in [0.5, 0.6) is 0 Å². The number of alkyl halides is 3. The van der Waals surface area contributed by atoms with E-state index in [9.17, 15) is 13.2 Å². The average molecular weight is 221 g/mol. The third-order valence-electron chi connectivity index (χ3n) is 1.42. The molecule has 0 aliphatic heterocycles. The van der Waals surface area contributed by atoms with Gasteiger partial charge in [0.2, 0.25) is 0 Å². The number of halogens is 3. The average Bonchev–Trinajstić information content (AvgIpc) is 1.99. The highest BCUT2D eigenvalue weighted by Gasteiger charge is 2.27.